The Kier molecular flexibility index (Phi) is 5.62. The van der Waals surface area contributed by atoms with E-state index in [4.69, 9.17) is 10.9 Å². The number of nitrogens with two attached hydrogens (primary N) is 1. The van der Waals surface area contributed by atoms with Gasteiger partial charge in [0.1, 0.15) is 0 Å². The van der Waals surface area contributed by atoms with E-state index in [1.54, 1.807) is 0 Å². The molecule has 0 heterocycles. The minimum atomic E-state index is -0.549. The van der Waals surface area contributed by atoms with Crippen LogP contribution in [-0.2, 0) is 4.79 Å². The number of hydrogen-bond donors (Lipinski definition) is 3. The van der Waals surface area contributed by atoms with Crippen molar-refractivity contribution in [1.82, 2.24) is 5.48 Å². The SMILES string of the molecule is C[Se]CC[C@H](N)C(=O)NO. The quantitative estimate of drug-likeness (QED) is 0.329. The Balaban J connectivity index is 3.41. The molecule has 0 saturated heterocycles. The van der Waals surface area contributed by atoms with Crippen molar-refractivity contribution in [3.05, 3.63) is 0 Å². The molecule has 0 saturated carbocycles. The predicted octanol–water partition coefficient (Wildman–Crippen LogP) is -0.620. The molecule has 0 aromatic carbocycles. The van der Waals surface area contributed by atoms with E-state index in [1.165, 1.54) is 5.48 Å². The topological polar surface area (TPSA) is 75.4 Å². The van der Waals surface area contributed by atoms with Crippen molar-refractivity contribution in [1.29, 1.82) is 0 Å². The van der Waals surface area contributed by atoms with Gasteiger partial charge in [0, 0.05) is 0 Å². The van der Waals surface area contributed by atoms with Crippen LogP contribution in [-0.4, -0.2) is 32.1 Å². The first-order valence-corrected chi connectivity index (χ1v) is 5.83. The molecular weight excluding hydrogens is 199 g/mol. The molecule has 0 rings (SSSR count). The average molecular weight is 211 g/mol. The number of rotatable bonds is 4. The summed E-state index contributed by atoms with van der Waals surface area (Å²) in [4.78, 5) is 10.5. The van der Waals surface area contributed by atoms with Gasteiger partial charge in [0.2, 0.25) is 0 Å². The third kappa shape index (κ3) is 3.85. The molecule has 5 heteroatoms. The van der Waals surface area contributed by atoms with Gasteiger partial charge >= 0.3 is 65.7 Å². The molecule has 0 aromatic rings. The Morgan fingerprint density at radius 3 is 2.90 bits per heavy atom. The first-order valence-electron chi connectivity index (χ1n) is 2.90. The molecule has 0 bridgehead atoms. The van der Waals surface area contributed by atoms with Crippen LogP contribution in [0.1, 0.15) is 6.42 Å². The molecule has 1 atom stereocenters. The summed E-state index contributed by atoms with van der Waals surface area (Å²) in [5, 5.41) is 9.10. The summed E-state index contributed by atoms with van der Waals surface area (Å²) in [6, 6.07) is -0.549. The Morgan fingerprint density at radius 1 is 1.90 bits per heavy atom. The van der Waals surface area contributed by atoms with E-state index in [0.29, 0.717) is 21.4 Å². The first-order chi connectivity index (χ1) is 4.72. The van der Waals surface area contributed by atoms with E-state index < -0.39 is 11.9 Å². The van der Waals surface area contributed by atoms with E-state index in [9.17, 15) is 4.79 Å². The van der Waals surface area contributed by atoms with E-state index in [1.807, 2.05) is 0 Å². The van der Waals surface area contributed by atoms with Crippen molar-refractivity contribution >= 4 is 20.9 Å². The van der Waals surface area contributed by atoms with E-state index in [-0.39, 0.29) is 0 Å². The number of amides is 1. The van der Waals surface area contributed by atoms with Crippen LogP contribution in [0.4, 0.5) is 0 Å². The van der Waals surface area contributed by atoms with Crippen LogP contribution in [0, 0.1) is 0 Å². The van der Waals surface area contributed by atoms with Crippen LogP contribution >= 0.6 is 0 Å². The summed E-state index contributed by atoms with van der Waals surface area (Å²) in [6.07, 6.45) is 0.656. The van der Waals surface area contributed by atoms with Crippen LogP contribution in [0.25, 0.3) is 0 Å². The minimum absolute atomic E-state index is 0.496. The van der Waals surface area contributed by atoms with Crippen LogP contribution in [0.2, 0.25) is 11.1 Å². The van der Waals surface area contributed by atoms with E-state index in [2.05, 4.69) is 5.82 Å². The molecule has 1 amide bonds. The molecule has 0 spiro atoms. The molecule has 0 aliphatic heterocycles. The summed E-state index contributed by atoms with van der Waals surface area (Å²) < 4.78 is 0. The van der Waals surface area contributed by atoms with Gasteiger partial charge in [0.15, 0.2) is 0 Å². The second-order valence-electron chi connectivity index (χ2n) is 1.86. The fourth-order valence-corrected chi connectivity index (χ4v) is 1.49. The molecule has 10 heavy (non-hydrogen) atoms. The Hall–Kier alpha value is -0.0905. The van der Waals surface area contributed by atoms with Crippen molar-refractivity contribution in [2.45, 2.75) is 23.6 Å². The first kappa shape index (κ1) is 9.91. The summed E-state index contributed by atoms with van der Waals surface area (Å²) in [7, 11) is 0. The van der Waals surface area contributed by atoms with Crippen molar-refractivity contribution in [2.24, 2.45) is 5.73 Å². The second-order valence-corrected chi connectivity index (χ2v) is 3.93. The van der Waals surface area contributed by atoms with E-state index in [0.717, 1.165) is 5.32 Å². The molecule has 0 aliphatic carbocycles. The van der Waals surface area contributed by atoms with Gasteiger partial charge in [-0.25, -0.2) is 0 Å². The van der Waals surface area contributed by atoms with Gasteiger partial charge in [-0.2, -0.15) is 0 Å². The summed E-state index contributed by atoms with van der Waals surface area (Å²) >= 11 is 0.549. The molecule has 0 radical (unpaired) electrons. The van der Waals surface area contributed by atoms with Crippen LogP contribution in [0.5, 0.6) is 0 Å². The van der Waals surface area contributed by atoms with Gasteiger partial charge in [0.05, 0.1) is 0 Å². The van der Waals surface area contributed by atoms with Gasteiger partial charge in [-0.3, -0.25) is 0 Å². The Morgan fingerprint density at radius 2 is 2.50 bits per heavy atom. The molecule has 0 unspecified atom stereocenters. The van der Waals surface area contributed by atoms with Crippen LogP contribution in [0.15, 0.2) is 0 Å². The molecule has 0 aliphatic rings. The van der Waals surface area contributed by atoms with Crippen LogP contribution in [0.3, 0.4) is 0 Å². The van der Waals surface area contributed by atoms with Gasteiger partial charge in [-0.15, -0.1) is 0 Å². The number of hydrogen-bond acceptors (Lipinski definition) is 3. The predicted molar refractivity (Wildman–Crippen MR) is 38.9 cm³/mol. The Labute approximate surface area is 66.3 Å². The standard InChI is InChI=1S/C5H12N2O2Se/c1-10-3-2-4(6)5(8)7-9/h4,9H,2-3,6H2,1H3,(H,7,8)/t4-/m0/s1. The van der Waals surface area contributed by atoms with E-state index >= 15 is 0 Å². The van der Waals surface area contributed by atoms with Crippen molar-refractivity contribution in [3.8, 4) is 0 Å². The van der Waals surface area contributed by atoms with Gasteiger partial charge < -0.3 is 0 Å². The number of nitrogens with one attached hydrogen (secondary N) is 1. The molecule has 60 valence electrons. The third-order valence-corrected chi connectivity index (χ3v) is 2.43. The zero-order valence-corrected chi connectivity index (χ0v) is 7.55. The third-order valence-electron chi connectivity index (χ3n) is 1.08. The van der Waals surface area contributed by atoms with Crippen molar-refractivity contribution in [3.63, 3.8) is 0 Å². The fourth-order valence-electron chi connectivity index (χ4n) is 0.459. The molecular formula is C5H12N2O2Se. The fraction of sp³-hybridized carbons (Fsp3) is 0.800. The molecule has 0 aromatic heterocycles. The average Bonchev–Trinajstić information content (AvgIpc) is 1.98. The second kappa shape index (κ2) is 5.68. The van der Waals surface area contributed by atoms with Gasteiger partial charge in [-0.1, -0.05) is 0 Å². The van der Waals surface area contributed by atoms with Crippen LogP contribution < -0.4 is 11.2 Å². The number of carbonyl (C=O) groups excluding carboxylic acids is 1. The molecule has 4 N–H and O–H groups in total. The Bertz CT molecular complexity index is 110. The zero-order valence-electron chi connectivity index (χ0n) is 5.83. The van der Waals surface area contributed by atoms with Crippen molar-refractivity contribution in [2.75, 3.05) is 0 Å². The normalized spacial score (nSPS) is 12.7. The summed E-state index contributed by atoms with van der Waals surface area (Å²) in [5.41, 5.74) is 6.87. The van der Waals surface area contributed by atoms with Gasteiger partial charge in [0.25, 0.3) is 0 Å². The summed E-state index contributed by atoms with van der Waals surface area (Å²) in [6.45, 7) is 0. The van der Waals surface area contributed by atoms with Gasteiger partial charge in [-0.05, 0) is 0 Å². The molecule has 0 fully saturated rings. The zero-order chi connectivity index (χ0) is 7.98. The maximum absolute atomic E-state index is 10.5. The molecule has 4 nitrogen and oxygen atoms in total. The maximum atomic E-state index is 10.5. The monoisotopic (exact) mass is 212 g/mol. The summed E-state index contributed by atoms with van der Waals surface area (Å²) in [5.74, 6) is 1.58. The number of carbonyl (C=O) groups is 1. The number of hydroxylamine groups is 1. The van der Waals surface area contributed by atoms with Crippen molar-refractivity contribution < 1.29 is 10.0 Å².